The van der Waals surface area contributed by atoms with Crippen LogP contribution < -0.4 is 4.74 Å². The van der Waals surface area contributed by atoms with E-state index >= 15 is 0 Å². The molecule has 3 rings (SSSR count). The maximum absolute atomic E-state index is 13.6. The first-order valence-corrected chi connectivity index (χ1v) is 7.13. The summed E-state index contributed by atoms with van der Waals surface area (Å²) >= 11 is 9.33. The molecule has 1 aromatic carbocycles. The number of benzene rings is 1. The molecule has 0 aliphatic carbocycles. The van der Waals surface area contributed by atoms with Gasteiger partial charge in [0.2, 0.25) is 0 Å². The van der Waals surface area contributed by atoms with Crippen molar-refractivity contribution in [2.24, 2.45) is 7.05 Å². The molecule has 21 heavy (non-hydrogen) atoms. The first kappa shape index (κ1) is 14.2. The van der Waals surface area contributed by atoms with Crippen LogP contribution in [0.25, 0.3) is 11.0 Å². The van der Waals surface area contributed by atoms with E-state index in [9.17, 15) is 4.39 Å². The number of nitrogens with zero attached hydrogens (tertiary/aromatic N) is 4. The Morgan fingerprint density at radius 3 is 3.00 bits per heavy atom. The van der Waals surface area contributed by atoms with Gasteiger partial charge in [-0.2, -0.15) is 5.10 Å². The fourth-order valence-electron chi connectivity index (χ4n) is 1.82. The Morgan fingerprint density at radius 2 is 2.19 bits per heavy atom. The van der Waals surface area contributed by atoms with E-state index < -0.39 is 5.82 Å². The molecular formula is C13H9BrClFN4O. The predicted molar refractivity (Wildman–Crippen MR) is 79.7 cm³/mol. The molecule has 0 atom stereocenters. The molecular weight excluding hydrogens is 363 g/mol. The van der Waals surface area contributed by atoms with Crippen molar-refractivity contribution in [1.82, 2.24) is 19.7 Å². The zero-order chi connectivity index (χ0) is 15.0. The van der Waals surface area contributed by atoms with Crippen molar-refractivity contribution in [2.75, 3.05) is 0 Å². The monoisotopic (exact) mass is 370 g/mol. The summed E-state index contributed by atoms with van der Waals surface area (Å²) in [6.07, 6.45) is 1.59. The van der Waals surface area contributed by atoms with Gasteiger partial charge in [-0.25, -0.2) is 14.4 Å². The van der Waals surface area contributed by atoms with Crippen molar-refractivity contribution in [3.63, 3.8) is 0 Å². The average molecular weight is 372 g/mol. The van der Waals surface area contributed by atoms with E-state index in [1.807, 2.05) is 0 Å². The van der Waals surface area contributed by atoms with E-state index in [0.29, 0.717) is 22.0 Å². The minimum atomic E-state index is -0.453. The molecule has 0 N–H and O–H groups in total. The van der Waals surface area contributed by atoms with Gasteiger partial charge in [-0.05, 0) is 18.2 Å². The van der Waals surface area contributed by atoms with Crippen molar-refractivity contribution in [1.29, 1.82) is 0 Å². The molecule has 0 aliphatic heterocycles. The van der Waals surface area contributed by atoms with Crippen LogP contribution in [0.3, 0.4) is 0 Å². The topological polar surface area (TPSA) is 52.8 Å². The first-order valence-electron chi connectivity index (χ1n) is 5.96. The van der Waals surface area contributed by atoms with E-state index in [1.54, 1.807) is 30.1 Å². The summed E-state index contributed by atoms with van der Waals surface area (Å²) in [5.41, 5.74) is 0.600. The summed E-state index contributed by atoms with van der Waals surface area (Å²) in [6, 6.07) is 4.45. The van der Waals surface area contributed by atoms with Gasteiger partial charge in [0.25, 0.3) is 0 Å². The highest BCUT2D eigenvalue weighted by atomic mass is 79.9. The molecule has 2 heterocycles. The van der Waals surface area contributed by atoms with Crippen LogP contribution >= 0.6 is 27.5 Å². The molecule has 0 saturated carbocycles. The van der Waals surface area contributed by atoms with Gasteiger partial charge in [0.15, 0.2) is 23.0 Å². The van der Waals surface area contributed by atoms with E-state index in [4.69, 9.17) is 16.3 Å². The summed E-state index contributed by atoms with van der Waals surface area (Å²) in [6.45, 7) is 0.00815. The molecule has 0 unspecified atom stereocenters. The van der Waals surface area contributed by atoms with E-state index in [1.165, 1.54) is 6.07 Å². The molecule has 0 bridgehead atoms. The van der Waals surface area contributed by atoms with Gasteiger partial charge in [-0.15, -0.1) is 0 Å². The number of fused-ring (bicyclic) bond motifs is 1. The number of rotatable bonds is 3. The number of aromatic nitrogens is 4. The van der Waals surface area contributed by atoms with Gasteiger partial charge in [-0.1, -0.05) is 27.5 Å². The highest BCUT2D eigenvalue weighted by molar-refractivity contribution is 9.10. The van der Waals surface area contributed by atoms with Crippen LogP contribution in [0.15, 0.2) is 28.9 Å². The van der Waals surface area contributed by atoms with Gasteiger partial charge in [0.05, 0.1) is 11.6 Å². The molecule has 2 aromatic heterocycles. The lowest BCUT2D eigenvalue weighted by atomic mass is 10.3. The van der Waals surface area contributed by atoms with Crippen LogP contribution in [0.5, 0.6) is 5.75 Å². The van der Waals surface area contributed by atoms with Crippen molar-refractivity contribution < 1.29 is 9.13 Å². The molecule has 8 heteroatoms. The van der Waals surface area contributed by atoms with Crippen molar-refractivity contribution in [2.45, 2.75) is 6.61 Å². The molecule has 5 nitrogen and oxygen atoms in total. The van der Waals surface area contributed by atoms with Crippen LogP contribution in [0.2, 0.25) is 5.15 Å². The third-order valence-electron chi connectivity index (χ3n) is 2.84. The number of hydrogen-bond donors (Lipinski definition) is 0. The number of hydrogen-bond acceptors (Lipinski definition) is 4. The van der Waals surface area contributed by atoms with E-state index in [-0.39, 0.29) is 12.4 Å². The van der Waals surface area contributed by atoms with Gasteiger partial charge >= 0.3 is 0 Å². The maximum Gasteiger partial charge on any atom is 0.170 e. The summed E-state index contributed by atoms with van der Waals surface area (Å²) in [5.74, 6) is 0.0237. The first-order chi connectivity index (χ1) is 10.0. The molecule has 108 valence electrons. The highest BCUT2D eigenvalue weighted by Crippen LogP contribution is 2.24. The molecule has 0 fully saturated rings. The van der Waals surface area contributed by atoms with Crippen LogP contribution in [-0.4, -0.2) is 19.7 Å². The van der Waals surface area contributed by atoms with Crippen molar-refractivity contribution in [3.05, 3.63) is 45.7 Å². The Hall–Kier alpha value is -1.73. The zero-order valence-electron chi connectivity index (χ0n) is 10.8. The molecule has 0 spiro atoms. The van der Waals surface area contributed by atoms with Gasteiger partial charge < -0.3 is 4.74 Å². The largest absolute Gasteiger partial charge is 0.482 e. The van der Waals surface area contributed by atoms with Crippen molar-refractivity contribution >= 4 is 38.6 Å². The van der Waals surface area contributed by atoms with Gasteiger partial charge in [-0.3, -0.25) is 4.68 Å². The van der Waals surface area contributed by atoms with Crippen LogP contribution in [0.4, 0.5) is 4.39 Å². The maximum atomic E-state index is 13.6. The van der Waals surface area contributed by atoms with Crippen LogP contribution in [-0.2, 0) is 13.7 Å². The van der Waals surface area contributed by atoms with Crippen LogP contribution in [0, 0.1) is 5.82 Å². The summed E-state index contributed by atoms with van der Waals surface area (Å²) in [7, 11) is 1.75. The fourth-order valence-corrected chi connectivity index (χ4v) is 2.40. The normalized spacial score (nSPS) is 11.0. The lowest BCUT2D eigenvalue weighted by molar-refractivity contribution is 0.281. The number of halogens is 3. The number of aryl methyl sites for hydroxylation is 1. The summed E-state index contributed by atoms with van der Waals surface area (Å²) in [4.78, 5) is 8.43. The predicted octanol–water partition coefficient (Wildman–Crippen LogP) is 3.50. The Labute approximate surface area is 132 Å². The van der Waals surface area contributed by atoms with E-state index in [0.717, 1.165) is 4.47 Å². The summed E-state index contributed by atoms with van der Waals surface area (Å²) < 4.78 is 21.3. The Balaban J connectivity index is 1.88. The Morgan fingerprint density at radius 1 is 1.38 bits per heavy atom. The molecule has 0 amide bonds. The third-order valence-corrected chi connectivity index (χ3v) is 3.62. The quantitative estimate of drug-likeness (QED) is 0.661. The van der Waals surface area contributed by atoms with Crippen molar-refractivity contribution in [3.8, 4) is 5.75 Å². The lowest BCUT2D eigenvalue weighted by Gasteiger charge is -2.07. The summed E-state index contributed by atoms with van der Waals surface area (Å²) in [5, 5.41) is 5.02. The third kappa shape index (κ3) is 2.84. The SMILES string of the molecule is Cn1ncc2c(Cl)nc(COc3cc(Br)ccc3F)nc21. The van der Waals surface area contributed by atoms with Gasteiger partial charge in [0.1, 0.15) is 11.8 Å². The van der Waals surface area contributed by atoms with Gasteiger partial charge in [0, 0.05) is 11.5 Å². The second-order valence-corrected chi connectivity index (χ2v) is 5.57. The Kier molecular flexibility index (Phi) is 3.77. The second-order valence-electron chi connectivity index (χ2n) is 4.30. The highest BCUT2D eigenvalue weighted by Gasteiger charge is 2.11. The lowest BCUT2D eigenvalue weighted by Crippen LogP contribution is -2.04. The molecule has 0 radical (unpaired) electrons. The standard InChI is InChI=1S/C13H9BrClFN4O/c1-20-13-8(5-17-20)12(15)18-11(19-13)6-21-10-4-7(14)2-3-9(10)16/h2-5H,6H2,1H3. The molecule has 0 aliphatic rings. The minimum absolute atomic E-state index is 0.00815. The zero-order valence-corrected chi connectivity index (χ0v) is 13.2. The van der Waals surface area contributed by atoms with E-state index in [2.05, 4.69) is 31.0 Å². The minimum Gasteiger partial charge on any atom is -0.482 e. The smallest absolute Gasteiger partial charge is 0.170 e. The van der Waals surface area contributed by atoms with Crippen LogP contribution in [0.1, 0.15) is 5.82 Å². The fraction of sp³-hybridized carbons (Fsp3) is 0.154. The average Bonchev–Trinajstić information content (AvgIpc) is 2.82. The second kappa shape index (κ2) is 5.57. The Bertz CT molecular complexity index is 823. The molecule has 0 saturated heterocycles. The molecule has 3 aromatic rings. The number of ether oxygens (including phenoxy) is 1.